The van der Waals surface area contributed by atoms with Gasteiger partial charge in [-0.15, -0.1) is 0 Å². The molecular formula is C19H30N4OS. The maximum absolute atomic E-state index is 12.0. The molecule has 25 heavy (non-hydrogen) atoms. The summed E-state index contributed by atoms with van der Waals surface area (Å²) in [7, 11) is 0. The van der Waals surface area contributed by atoms with Crippen LogP contribution in [0.25, 0.3) is 0 Å². The van der Waals surface area contributed by atoms with Crippen LogP contribution in [0, 0.1) is 0 Å². The summed E-state index contributed by atoms with van der Waals surface area (Å²) in [6, 6.07) is 9.97. The Bertz CT molecular complexity index is 550. The highest BCUT2D eigenvalue weighted by atomic mass is 32.2. The van der Waals surface area contributed by atoms with Gasteiger partial charge in [-0.2, -0.15) is 11.8 Å². The van der Waals surface area contributed by atoms with E-state index in [4.69, 9.17) is 0 Å². The number of hydrogen-bond acceptors (Lipinski definition) is 3. The van der Waals surface area contributed by atoms with E-state index in [9.17, 15) is 4.79 Å². The fourth-order valence-electron chi connectivity index (χ4n) is 2.73. The summed E-state index contributed by atoms with van der Waals surface area (Å²) in [4.78, 5) is 19.0. The van der Waals surface area contributed by atoms with Gasteiger partial charge in [0, 0.05) is 43.6 Å². The molecule has 0 aromatic heterocycles. The van der Waals surface area contributed by atoms with E-state index < -0.39 is 0 Å². The monoisotopic (exact) mass is 362 g/mol. The Morgan fingerprint density at radius 3 is 2.80 bits per heavy atom. The molecule has 1 atom stereocenters. The number of carbonyl (C=O) groups is 1. The molecule has 6 heteroatoms. The van der Waals surface area contributed by atoms with Gasteiger partial charge in [0.25, 0.3) is 0 Å². The third kappa shape index (κ3) is 6.98. The number of amides is 1. The third-order valence-corrected chi connectivity index (χ3v) is 5.53. The Morgan fingerprint density at radius 2 is 2.08 bits per heavy atom. The molecule has 1 fully saturated rings. The number of benzene rings is 1. The summed E-state index contributed by atoms with van der Waals surface area (Å²) in [5, 5.41) is 6.99. The lowest BCUT2D eigenvalue weighted by atomic mass is 10.2. The summed E-state index contributed by atoms with van der Waals surface area (Å²) in [6.07, 6.45) is 1.60. The van der Waals surface area contributed by atoms with Crippen LogP contribution in [-0.4, -0.2) is 53.9 Å². The van der Waals surface area contributed by atoms with E-state index >= 15 is 0 Å². The molecule has 1 aliphatic rings. The smallest absolute Gasteiger partial charge is 0.222 e. The lowest BCUT2D eigenvalue weighted by Crippen LogP contribution is -2.48. The Morgan fingerprint density at radius 1 is 1.28 bits per heavy atom. The van der Waals surface area contributed by atoms with Crippen LogP contribution < -0.4 is 10.6 Å². The molecule has 1 heterocycles. The maximum Gasteiger partial charge on any atom is 0.222 e. The predicted molar refractivity (Wildman–Crippen MR) is 107 cm³/mol. The largest absolute Gasteiger partial charge is 0.357 e. The fourth-order valence-corrected chi connectivity index (χ4v) is 3.91. The van der Waals surface area contributed by atoms with Gasteiger partial charge < -0.3 is 15.5 Å². The van der Waals surface area contributed by atoms with Crippen molar-refractivity contribution in [3.05, 3.63) is 35.9 Å². The van der Waals surface area contributed by atoms with E-state index in [1.54, 1.807) is 0 Å². The van der Waals surface area contributed by atoms with E-state index in [-0.39, 0.29) is 5.91 Å². The van der Waals surface area contributed by atoms with Crippen molar-refractivity contribution in [3.63, 3.8) is 0 Å². The number of guanidine groups is 1. The summed E-state index contributed by atoms with van der Waals surface area (Å²) >= 11 is 2.05. The summed E-state index contributed by atoms with van der Waals surface area (Å²) in [6.45, 7) is 8.31. The molecular weight excluding hydrogens is 332 g/mol. The highest BCUT2D eigenvalue weighted by molar-refractivity contribution is 8.00. The number of nitrogens with one attached hydrogen (secondary N) is 2. The number of nitrogens with zero attached hydrogens (tertiary/aromatic N) is 2. The SMILES string of the molecule is CCNC(=NCCC(=O)NCc1ccccc1)N1CCSC(CC)C1. The van der Waals surface area contributed by atoms with Crippen molar-refractivity contribution in [1.29, 1.82) is 0 Å². The summed E-state index contributed by atoms with van der Waals surface area (Å²) in [5.41, 5.74) is 1.11. The van der Waals surface area contributed by atoms with Crippen LogP contribution >= 0.6 is 11.8 Å². The van der Waals surface area contributed by atoms with Crippen molar-refractivity contribution in [2.75, 3.05) is 31.9 Å². The van der Waals surface area contributed by atoms with Gasteiger partial charge in [0.2, 0.25) is 5.91 Å². The topological polar surface area (TPSA) is 56.7 Å². The molecule has 0 aliphatic carbocycles. The van der Waals surface area contributed by atoms with Gasteiger partial charge in [-0.1, -0.05) is 37.3 Å². The zero-order valence-corrected chi connectivity index (χ0v) is 16.1. The van der Waals surface area contributed by atoms with Crippen LogP contribution in [0.15, 0.2) is 35.3 Å². The van der Waals surface area contributed by atoms with Gasteiger partial charge >= 0.3 is 0 Å². The first-order valence-corrected chi connectivity index (χ1v) is 10.2. The minimum atomic E-state index is 0.0454. The molecule has 2 rings (SSSR count). The number of thioether (sulfide) groups is 1. The normalized spacial score (nSPS) is 18.1. The van der Waals surface area contributed by atoms with Gasteiger partial charge in [0.1, 0.15) is 0 Å². The van der Waals surface area contributed by atoms with Crippen LogP contribution in [-0.2, 0) is 11.3 Å². The molecule has 1 aromatic rings. The second-order valence-corrected chi connectivity index (χ2v) is 7.50. The van der Waals surface area contributed by atoms with E-state index in [0.29, 0.717) is 24.8 Å². The van der Waals surface area contributed by atoms with E-state index in [1.807, 2.05) is 42.1 Å². The molecule has 138 valence electrons. The van der Waals surface area contributed by atoms with Crippen LogP contribution in [0.1, 0.15) is 32.3 Å². The first kappa shape index (κ1) is 19.6. The van der Waals surface area contributed by atoms with Gasteiger partial charge in [0.05, 0.1) is 6.54 Å². The van der Waals surface area contributed by atoms with Crippen LogP contribution in [0.5, 0.6) is 0 Å². The van der Waals surface area contributed by atoms with Crippen LogP contribution in [0.4, 0.5) is 0 Å². The Kier molecular flexibility index (Phi) is 8.66. The highest BCUT2D eigenvalue weighted by Crippen LogP contribution is 2.21. The standard InChI is InChI=1S/C19H30N4OS/c1-3-17-15-23(12-13-25-17)19(20-4-2)21-11-10-18(24)22-14-16-8-6-5-7-9-16/h5-9,17H,3-4,10-15H2,1-2H3,(H,20,21)(H,22,24). The minimum absolute atomic E-state index is 0.0454. The Balaban J connectivity index is 1.79. The predicted octanol–water partition coefficient (Wildman–Crippen LogP) is 2.49. The van der Waals surface area contributed by atoms with Crippen molar-refractivity contribution >= 4 is 23.6 Å². The lowest BCUT2D eigenvalue weighted by molar-refractivity contribution is -0.121. The lowest BCUT2D eigenvalue weighted by Gasteiger charge is -2.34. The van der Waals surface area contributed by atoms with Gasteiger partial charge in [-0.05, 0) is 18.9 Å². The van der Waals surface area contributed by atoms with Gasteiger partial charge in [0.15, 0.2) is 5.96 Å². The Labute approximate surface area is 155 Å². The maximum atomic E-state index is 12.0. The molecule has 1 amide bonds. The van der Waals surface area contributed by atoms with Crippen LogP contribution in [0.2, 0.25) is 0 Å². The molecule has 1 aliphatic heterocycles. The first-order valence-electron chi connectivity index (χ1n) is 9.18. The van der Waals surface area contributed by atoms with E-state index in [0.717, 1.165) is 36.9 Å². The van der Waals surface area contributed by atoms with Crippen molar-refractivity contribution in [2.45, 2.75) is 38.5 Å². The number of carbonyl (C=O) groups excluding carboxylic acids is 1. The van der Waals surface area contributed by atoms with Crippen molar-refractivity contribution in [3.8, 4) is 0 Å². The molecule has 0 radical (unpaired) electrons. The molecule has 1 saturated heterocycles. The van der Waals surface area contributed by atoms with E-state index in [2.05, 4.69) is 34.4 Å². The molecule has 0 spiro atoms. The third-order valence-electron chi connectivity index (χ3n) is 4.16. The zero-order valence-electron chi connectivity index (χ0n) is 15.3. The second kappa shape index (κ2) is 11.0. The molecule has 0 bridgehead atoms. The van der Waals surface area contributed by atoms with Gasteiger partial charge in [-0.3, -0.25) is 9.79 Å². The average molecular weight is 363 g/mol. The van der Waals surface area contributed by atoms with E-state index in [1.165, 1.54) is 6.42 Å². The van der Waals surface area contributed by atoms with Crippen molar-refractivity contribution in [2.24, 2.45) is 4.99 Å². The van der Waals surface area contributed by atoms with Crippen LogP contribution in [0.3, 0.4) is 0 Å². The number of hydrogen-bond donors (Lipinski definition) is 2. The number of rotatable bonds is 7. The summed E-state index contributed by atoms with van der Waals surface area (Å²) < 4.78 is 0. The van der Waals surface area contributed by atoms with Gasteiger partial charge in [-0.25, -0.2) is 0 Å². The molecule has 1 unspecified atom stereocenters. The van der Waals surface area contributed by atoms with Crippen molar-refractivity contribution < 1.29 is 4.79 Å². The highest BCUT2D eigenvalue weighted by Gasteiger charge is 2.21. The Hall–Kier alpha value is -1.69. The molecule has 0 saturated carbocycles. The zero-order chi connectivity index (χ0) is 17.9. The summed E-state index contributed by atoms with van der Waals surface area (Å²) in [5.74, 6) is 2.13. The second-order valence-electron chi connectivity index (χ2n) is 6.10. The first-order chi connectivity index (χ1) is 12.2. The molecule has 5 nitrogen and oxygen atoms in total. The quantitative estimate of drug-likeness (QED) is 0.578. The van der Waals surface area contributed by atoms with Crippen molar-refractivity contribution in [1.82, 2.24) is 15.5 Å². The fraction of sp³-hybridized carbons (Fsp3) is 0.579. The average Bonchev–Trinajstić information content (AvgIpc) is 2.66. The molecule has 2 N–H and O–H groups in total. The number of aliphatic imine (C=N–C) groups is 1. The minimum Gasteiger partial charge on any atom is -0.357 e. The molecule has 1 aromatic carbocycles.